The number of nitrogens with one attached hydrogen (secondary N) is 2. The quantitative estimate of drug-likeness (QED) is 0.761. The Morgan fingerprint density at radius 2 is 2.00 bits per heavy atom. The monoisotopic (exact) mass is 310 g/mol. The molecule has 3 aromatic rings. The average molecular weight is 310 g/mol. The SMILES string of the molecule is CN(C)C[C@H](NC(=O)c1cc2c(ccn2C)[nH]1)c1ccccc1. The van der Waals surface area contributed by atoms with Crippen LogP contribution in [0.25, 0.3) is 11.0 Å². The molecule has 0 saturated heterocycles. The van der Waals surface area contributed by atoms with Crippen LogP contribution in [0.2, 0.25) is 0 Å². The molecule has 1 amide bonds. The molecule has 2 N–H and O–H groups in total. The highest BCUT2D eigenvalue weighted by atomic mass is 16.1. The van der Waals surface area contributed by atoms with E-state index in [0.29, 0.717) is 5.69 Å². The van der Waals surface area contributed by atoms with E-state index in [2.05, 4.69) is 15.2 Å². The zero-order valence-electron chi connectivity index (χ0n) is 13.7. The summed E-state index contributed by atoms with van der Waals surface area (Å²) in [6.45, 7) is 0.746. The molecule has 0 saturated carbocycles. The maximum absolute atomic E-state index is 12.6. The van der Waals surface area contributed by atoms with Crippen molar-refractivity contribution in [2.45, 2.75) is 6.04 Å². The number of hydrogen-bond donors (Lipinski definition) is 2. The molecule has 0 bridgehead atoms. The van der Waals surface area contributed by atoms with Gasteiger partial charge in [0.1, 0.15) is 5.69 Å². The fraction of sp³-hybridized carbons (Fsp3) is 0.278. The minimum atomic E-state index is -0.0862. The Morgan fingerprint density at radius 1 is 1.26 bits per heavy atom. The molecule has 2 aromatic heterocycles. The van der Waals surface area contributed by atoms with Gasteiger partial charge < -0.3 is 19.8 Å². The van der Waals surface area contributed by atoms with Crippen molar-refractivity contribution >= 4 is 16.9 Å². The number of H-pyrrole nitrogens is 1. The number of amides is 1. The number of hydrogen-bond acceptors (Lipinski definition) is 2. The Morgan fingerprint density at radius 3 is 2.65 bits per heavy atom. The Bertz CT molecular complexity index is 801. The molecule has 5 heteroatoms. The summed E-state index contributed by atoms with van der Waals surface area (Å²) in [7, 11) is 5.98. The summed E-state index contributed by atoms with van der Waals surface area (Å²) >= 11 is 0. The second-order valence-corrected chi connectivity index (χ2v) is 6.11. The van der Waals surface area contributed by atoms with Gasteiger partial charge in [-0.05, 0) is 31.8 Å². The van der Waals surface area contributed by atoms with Crippen molar-refractivity contribution in [2.75, 3.05) is 20.6 Å². The van der Waals surface area contributed by atoms with Gasteiger partial charge in [-0.2, -0.15) is 0 Å². The van der Waals surface area contributed by atoms with E-state index in [1.807, 2.05) is 74.4 Å². The number of aryl methyl sites for hydroxylation is 1. The summed E-state index contributed by atoms with van der Waals surface area (Å²) in [6, 6.07) is 13.9. The molecule has 0 aliphatic heterocycles. The van der Waals surface area contributed by atoms with Crippen LogP contribution in [0.15, 0.2) is 48.7 Å². The molecule has 2 heterocycles. The first-order valence-corrected chi connectivity index (χ1v) is 7.69. The molecule has 0 unspecified atom stereocenters. The number of aromatic amines is 1. The lowest BCUT2D eigenvalue weighted by Gasteiger charge is -2.22. The third-order valence-electron chi connectivity index (χ3n) is 3.97. The molecule has 0 fully saturated rings. The number of nitrogens with zero attached hydrogens (tertiary/aromatic N) is 2. The average Bonchev–Trinajstić information content (AvgIpc) is 3.10. The van der Waals surface area contributed by atoms with E-state index in [0.717, 1.165) is 23.1 Å². The van der Waals surface area contributed by atoms with Crippen LogP contribution in [0.1, 0.15) is 22.1 Å². The number of carbonyl (C=O) groups is 1. The van der Waals surface area contributed by atoms with Crippen LogP contribution < -0.4 is 5.32 Å². The number of benzene rings is 1. The standard InChI is InChI=1S/C18H22N4O/c1-21(2)12-16(13-7-5-4-6-8-13)20-18(23)15-11-17-14(19-15)9-10-22(17)3/h4-11,16,19H,12H2,1-3H3,(H,20,23)/t16-/m0/s1. The van der Waals surface area contributed by atoms with Gasteiger partial charge in [0, 0.05) is 19.8 Å². The summed E-state index contributed by atoms with van der Waals surface area (Å²) in [6.07, 6.45) is 1.97. The molecular weight excluding hydrogens is 288 g/mol. The molecule has 0 aliphatic carbocycles. The summed E-state index contributed by atoms with van der Waals surface area (Å²) in [4.78, 5) is 17.9. The van der Waals surface area contributed by atoms with Crippen molar-refractivity contribution in [1.29, 1.82) is 0 Å². The topological polar surface area (TPSA) is 53.1 Å². The molecule has 3 rings (SSSR count). The smallest absolute Gasteiger partial charge is 0.268 e. The van der Waals surface area contributed by atoms with Gasteiger partial charge in [-0.3, -0.25) is 4.79 Å². The maximum atomic E-state index is 12.6. The van der Waals surface area contributed by atoms with Gasteiger partial charge in [-0.1, -0.05) is 30.3 Å². The Kier molecular flexibility index (Phi) is 4.21. The largest absolute Gasteiger partial charge is 0.349 e. The van der Waals surface area contributed by atoms with E-state index in [9.17, 15) is 4.79 Å². The fourth-order valence-electron chi connectivity index (χ4n) is 2.79. The predicted molar refractivity (Wildman–Crippen MR) is 92.5 cm³/mol. The van der Waals surface area contributed by atoms with E-state index in [1.54, 1.807) is 0 Å². The first-order valence-electron chi connectivity index (χ1n) is 7.69. The Balaban J connectivity index is 1.82. The Hall–Kier alpha value is -2.53. The van der Waals surface area contributed by atoms with Gasteiger partial charge in [-0.25, -0.2) is 0 Å². The van der Waals surface area contributed by atoms with Gasteiger partial charge in [0.25, 0.3) is 5.91 Å². The zero-order valence-corrected chi connectivity index (χ0v) is 13.7. The minimum absolute atomic E-state index is 0.0508. The van der Waals surface area contributed by atoms with Gasteiger partial charge in [0.2, 0.25) is 0 Å². The first-order chi connectivity index (χ1) is 11.0. The third kappa shape index (κ3) is 3.29. The summed E-state index contributed by atoms with van der Waals surface area (Å²) in [5, 5.41) is 3.13. The van der Waals surface area contributed by atoms with Gasteiger partial charge in [0.15, 0.2) is 0 Å². The highest BCUT2D eigenvalue weighted by Gasteiger charge is 2.18. The van der Waals surface area contributed by atoms with E-state index in [1.165, 1.54) is 0 Å². The van der Waals surface area contributed by atoms with E-state index in [-0.39, 0.29) is 11.9 Å². The molecule has 1 aromatic carbocycles. The maximum Gasteiger partial charge on any atom is 0.268 e. The minimum Gasteiger partial charge on any atom is -0.349 e. The molecule has 120 valence electrons. The molecule has 0 radical (unpaired) electrons. The van der Waals surface area contributed by atoms with E-state index < -0.39 is 0 Å². The third-order valence-corrected chi connectivity index (χ3v) is 3.97. The first kappa shape index (κ1) is 15.4. The van der Waals surface area contributed by atoms with Crippen molar-refractivity contribution in [3.8, 4) is 0 Å². The normalized spacial score (nSPS) is 12.7. The number of carbonyl (C=O) groups excluding carboxylic acids is 1. The van der Waals surface area contributed by atoms with Crippen molar-refractivity contribution in [1.82, 2.24) is 19.8 Å². The van der Waals surface area contributed by atoms with Gasteiger partial charge in [0.05, 0.1) is 17.1 Å². The van der Waals surface area contributed by atoms with Crippen LogP contribution in [-0.2, 0) is 7.05 Å². The highest BCUT2D eigenvalue weighted by Crippen LogP contribution is 2.18. The zero-order chi connectivity index (χ0) is 16.4. The van der Waals surface area contributed by atoms with Gasteiger partial charge in [-0.15, -0.1) is 0 Å². The molecule has 1 atom stereocenters. The molecule has 0 aliphatic rings. The molecule has 5 nitrogen and oxygen atoms in total. The molecule has 23 heavy (non-hydrogen) atoms. The second-order valence-electron chi connectivity index (χ2n) is 6.11. The van der Waals surface area contributed by atoms with Crippen molar-refractivity contribution < 1.29 is 4.79 Å². The van der Waals surface area contributed by atoms with Crippen LogP contribution >= 0.6 is 0 Å². The molecular formula is C18H22N4O. The van der Waals surface area contributed by atoms with Crippen molar-refractivity contribution in [2.24, 2.45) is 7.05 Å². The summed E-state index contributed by atoms with van der Waals surface area (Å²) in [5.41, 5.74) is 3.69. The lowest BCUT2D eigenvalue weighted by molar-refractivity contribution is 0.0925. The lowest BCUT2D eigenvalue weighted by Crippen LogP contribution is -2.35. The number of likely N-dealkylation sites (N-methyl/N-ethyl adjacent to an activating group) is 1. The number of fused-ring (bicyclic) bond motifs is 1. The van der Waals surface area contributed by atoms with Crippen LogP contribution in [0.4, 0.5) is 0 Å². The van der Waals surface area contributed by atoms with Crippen LogP contribution in [0.3, 0.4) is 0 Å². The van der Waals surface area contributed by atoms with Crippen LogP contribution in [0, 0.1) is 0 Å². The highest BCUT2D eigenvalue weighted by molar-refractivity contribution is 5.97. The second kappa shape index (κ2) is 6.30. The molecule has 0 spiro atoms. The lowest BCUT2D eigenvalue weighted by atomic mass is 10.1. The number of rotatable bonds is 5. The van der Waals surface area contributed by atoms with E-state index in [4.69, 9.17) is 0 Å². The van der Waals surface area contributed by atoms with Crippen molar-refractivity contribution in [3.63, 3.8) is 0 Å². The number of aromatic nitrogens is 2. The summed E-state index contributed by atoms with van der Waals surface area (Å²) in [5.74, 6) is -0.0862. The Labute approximate surface area is 135 Å². The predicted octanol–water partition coefficient (Wildman–Crippen LogP) is 2.54. The van der Waals surface area contributed by atoms with Gasteiger partial charge >= 0.3 is 0 Å². The van der Waals surface area contributed by atoms with Crippen LogP contribution in [0.5, 0.6) is 0 Å². The van der Waals surface area contributed by atoms with E-state index >= 15 is 0 Å². The van der Waals surface area contributed by atoms with Crippen LogP contribution in [-0.4, -0.2) is 41.0 Å². The summed E-state index contributed by atoms with van der Waals surface area (Å²) < 4.78 is 2.00. The fourth-order valence-corrected chi connectivity index (χ4v) is 2.79. The van der Waals surface area contributed by atoms with Crippen molar-refractivity contribution in [3.05, 3.63) is 59.9 Å².